The van der Waals surface area contributed by atoms with Crippen LogP contribution >= 0.6 is 15.9 Å². The zero-order chi connectivity index (χ0) is 15.2. The third kappa shape index (κ3) is 4.70. The zero-order valence-corrected chi connectivity index (χ0v) is 14.8. The van der Waals surface area contributed by atoms with Gasteiger partial charge in [-0.3, -0.25) is 0 Å². The molecule has 0 fully saturated rings. The van der Waals surface area contributed by atoms with E-state index in [9.17, 15) is 0 Å². The summed E-state index contributed by atoms with van der Waals surface area (Å²) in [5.41, 5.74) is 2.65. The van der Waals surface area contributed by atoms with Gasteiger partial charge in [-0.25, -0.2) is 0 Å². The maximum absolute atomic E-state index is 5.84. The van der Waals surface area contributed by atoms with Gasteiger partial charge in [-0.2, -0.15) is 0 Å². The third-order valence-corrected chi connectivity index (χ3v) is 4.38. The van der Waals surface area contributed by atoms with Crippen LogP contribution in [0.4, 0.5) is 0 Å². The van der Waals surface area contributed by atoms with Crippen molar-refractivity contribution in [1.29, 1.82) is 0 Å². The van der Waals surface area contributed by atoms with Crippen LogP contribution in [0.15, 0.2) is 16.6 Å². The van der Waals surface area contributed by atoms with Crippen molar-refractivity contribution in [3.8, 4) is 5.75 Å². The molecule has 1 aromatic rings. The first-order chi connectivity index (χ1) is 10.1. The molecule has 0 amide bonds. The minimum atomic E-state index is 0.461. The summed E-state index contributed by atoms with van der Waals surface area (Å²) in [6.07, 6.45) is 3.14. The van der Waals surface area contributed by atoms with Gasteiger partial charge in [-0.15, -0.1) is 0 Å². The van der Waals surface area contributed by atoms with Crippen LogP contribution in [0.25, 0.3) is 0 Å². The van der Waals surface area contributed by atoms with E-state index in [-0.39, 0.29) is 0 Å². The van der Waals surface area contributed by atoms with Gasteiger partial charge in [0.25, 0.3) is 0 Å². The average molecular weight is 356 g/mol. The van der Waals surface area contributed by atoms with E-state index in [1.807, 2.05) is 0 Å². The van der Waals surface area contributed by atoms with Crippen LogP contribution < -0.4 is 10.1 Å². The quantitative estimate of drug-likeness (QED) is 0.772. The Bertz CT molecular complexity index is 464. The SMILES string of the molecule is CCNC(Cc1cc(Br)cc2c1OCC2)CC(C)COC. The average Bonchev–Trinajstić information content (AvgIpc) is 2.87. The van der Waals surface area contributed by atoms with Crippen LogP contribution in [-0.4, -0.2) is 32.9 Å². The summed E-state index contributed by atoms with van der Waals surface area (Å²) in [5.74, 6) is 1.67. The lowest BCUT2D eigenvalue weighted by atomic mass is 9.95. The van der Waals surface area contributed by atoms with Crippen molar-refractivity contribution in [2.45, 2.75) is 39.2 Å². The summed E-state index contributed by atoms with van der Waals surface area (Å²) >= 11 is 3.62. The van der Waals surface area contributed by atoms with Gasteiger partial charge in [0.05, 0.1) is 6.61 Å². The highest BCUT2D eigenvalue weighted by Gasteiger charge is 2.21. The molecule has 2 unspecified atom stereocenters. The number of halogens is 1. The maximum Gasteiger partial charge on any atom is 0.125 e. The Hall–Kier alpha value is -0.580. The smallest absolute Gasteiger partial charge is 0.125 e. The van der Waals surface area contributed by atoms with E-state index in [2.05, 4.69) is 47.2 Å². The molecular formula is C17H26BrNO2. The Morgan fingerprint density at radius 2 is 2.24 bits per heavy atom. The Morgan fingerprint density at radius 3 is 2.95 bits per heavy atom. The molecule has 3 nitrogen and oxygen atoms in total. The fourth-order valence-corrected chi connectivity index (χ4v) is 3.68. The van der Waals surface area contributed by atoms with Crippen molar-refractivity contribution in [2.24, 2.45) is 5.92 Å². The fourth-order valence-electron chi connectivity index (χ4n) is 3.13. The molecule has 0 radical (unpaired) electrons. The van der Waals surface area contributed by atoms with Gasteiger partial charge < -0.3 is 14.8 Å². The molecule has 1 aromatic carbocycles. The molecule has 0 bridgehead atoms. The van der Waals surface area contributed by atoms with E-state index in [1.54, 1.807) is 7.11 Å². The Morgan fingerprint density at radius 1 is 1.43 bits per heavy atom. The van der Waals surface area contributed by atoms with Gasteiger partial charge in [0, 0.05) is 30.7 Å². The number of hydrogen-bond donors (Lipinski definition) is 1. The number of likely N-dealkylation sites (N-methyl/N-ethyl adjacent to an activating group) is 1. The molecule has 0 saturated carbocycles. The van der Waals surface area contributed by atoms with Gasteiger partial charge in [0.1, 0.15) is 5.75 Å². The molecule has 4 heteroatoms. The van der Waals surface area contributed by atoms with E-state index in [0.29, 0.717) is 12.0 Å². The Labute approximate surface area is 136 Å². The molecule has 0 saturated heterocycles. The largest absolute Gasteiger partial charge is 0.493 e. The van der Waals surface area contributed by atoms with Crippen molar-refractivity contribution >= 4 is 15.9 Å². The van der Waals surface area contributed by atoms with E-state index in [1.165, 1.54) is 11.1 Å². The molecule has 1 heterocycles. The Kier molecular flexibility index (Phi) is 6.52. The van der Waals surface area contributed by atoms with E-state index in [0.717, 1.165) is 49.2 Å². The molecule has 0 spiro atoms. The highest BCUT2D eigenvalue weighted by Crippen LogP contribution is 2.34. The van der Waals surface area contributed by atoms with E-state index >= 15 is 0 Å². The van der Waals surface area contributed by atoms with E-state index in [4.69, 9.17) is 9.47 Å². The van der Waals surface area contributed by atoms with Crippen LogP contribution in [0.2, 0.25) is 0 Å². The minimum absolute atomic E-state index is 0.461. The zero-order valence-electron chi connectivity index (χ0n) is 13.2. The molecule has 2 rings (SSSR count). The van der Waals surface area contributed by atoms with E-state index < -0.39 is 0 Å². The second kappa shape index (κ2) is 8.16. The number of hydrogen-bond acceptors (Lipinski definition) is 3. The van der Waals surface area contributed by atoms with Crippen molar-refractivity contribution in [3.63, 3.8) is 0 Å². The van der Waals surface area contributed by atoms with Crippen molar-refractivity contribution in [1.82, 2.24) is 5.32 Å². The summed E-state index contributed by atoms with van der Waals surface area (Å²) in [7, 11) is 1.77. The van der Waals surface area contributed by atoms with Crippen molar-refractivity contribution < 1.29 is 9.47 Å². The Balaban J connectivity index is 2.09. The molecule has 2 atom stereocenters. The molecular weight excluding hydrogens is 330 g/mol. The second-order valence-corrected chi connectivity index (χ2v) is 6.82. The number of ether oxygens (including phenoxy) is 2. The molecule has 1 aliphatic heterocycles. The van der Waals surface area contributed by atoms with Crippen molar-refractivity contribution in [3.05, 3.63) is 27.7 Å². The van der Waals surface area contributed by atoms with Crippen LogP contribution in [0.1, 0.15) is 31.4 Å². The van der Waals surface area contributed by atoms with Gasteiger partial charge >= 0.3 is 0 Å². The standard InChI is InChI=1S/C17H26BrNO2/c1-4-19-16(7-12(2)11-20-3)10-14-9-15(18)8-13-5-6-21-17(13)14/h8-9,12,16,19H,4-7,10-11H2,1-3H3. The van der Waals surface area contributed by atoms with Gasteiger partial charge in [0.15, 0.2) is 0 Å². The molecule has 1 aliphatic rings. The first-order valence-electron chi connectivity index (χ1n) is 7.80. The molecule has 0 aromatic heterocycles. The second-order valence-electron chi connectivity index (χ2n) is 5.91. The topological polar surface area (TPSA) is 30.5 Å². The number of rotatable bonds is 8. The first-order valence-corrected chi connectivity index (χ1v) is 8.59. The highest BCUT2D eigenvalue weighted by atomic mass is 79.9. The summed E-state index contributed by atoms with van der Waals surface area (Å²) in [5, 5.41) is 3.60. The molecule has 0 aliphatic carbocycles. The van der Waals surface area contributed by atoms with Gasteiger partial charge in [0.2, 0.25) is 0 Å². The monoisotopic (exact) mass is 355 g/mol. The fraction of sp³-hybridized carbons (Fsp3) is 0.647. The van der Waals surface area contributed by atoms with Crippen LogP contribution in [0.3, 0.4) is 0 Å². The summed E-state index contributed by atoms with van der Waals surface area (Å²) in [6, 6.07) is 4.85. The minimum Gasteiger partial charge on any atom is -0.493 e. The molecule has 21 heavy (non-hydrogen) atoms. The van der Waals surface area contributed by atoms with Crippen LogP contribution in [0.5, 0.6) is 5.75 Å². The predicted molar refractivity (Wildman–Crippen MR) is 90.2 cm³/mol. The maximum atomic E-state index is 5.84. The lowest BCUT2D eigenvalue weighted by Crippen LogP contribution is -2.33. The lowest BCUT2D eigenvalue weighted by Gasteiger charge is -2.22. The molecule has 118 valence electrons. The number of nitrogens with one attached hydrogen (secondary N) is 1. The first kappa shape index (κ1) is 16.8. The highest BCUT2D eigenvalue weighted by molar-refractivity contribution is 9.10. The number of methoxy groups -OCH3 is 1. The normalized spacial score (nSPS) is 16.4. The number of fused-ring (bicyclic) bond motifs is 1. The van der Waals surface area contributed by atoms with Gasteiger partial charge in [-0.1, -0.05) is 29.8 Å². The van der Waals surface area contributed by atoms with Crippen molar-refractivity contribution in [2.75, 3.05) is 26.9 Å². The van der Waals surface area contributed by atoms with Crippen LogP contribution in [0, 0.1) is 5.92 Å². The van der Waals surface area contributed by atoms with Gasteiger partial charge in [-0.05, 0) is 48.6 Å². The summed E-state index contributed by atoms with van der Waals surface area (Å²) in [4.78, 5) is 0. The summed E-state index contributed by atoms with van der Waals surface area (Å²) < 4.78 is 12.3. The lowest BCUT2D eigenvalue weighted by molar-refractivity contribution is 0.149. The number of benzene rings is 1. The van der Waals surface area contributed by atoms with Crippen LogP contribution in [-0.2, 0) is 17.6 Å². The predicted octanol–water partition coefficient (Wildman–Crippen LogP) is 3.58. The third-order valence-electron chi connectivity index (χ3n) is 3.92. The molecule has 1 N–H and O–H groups in total. The summed E-state index contributed by atoms with van der Waals surface area (Å²) in [6.45, 7) is 7.02.